The van der Waals surface area contributed by atoms with Gasteiger partial charge in [0.05, 0.1) is 12.1 Å². The van der Waals surface area contributed by atoms with E-state index < -0.39 is 6.04 Å². The number of nitrogens with one attached hydrogen (secondary N) is 1. The smallest absolute Gasteiger partial charge is 0.237 e. The van der Waals surface area contributed by atoms with Crippen molar-refractivity contribution in [2.45, 2.75) is 32.4 Å². The highest BCUT2D eigenvalue weighted by molar-refractivity contribution is 7.09. The van der Waals surface area contributed by atoms with Gasteiger partial charge < -0.3 is 11.1 Å². The van der Waals surface area contributed by atoms with Gasteiger partial charge in [-0.05, 0) is 13.3 Å². The van der Waals surface area contributed by atoms with Gasteiger partial charge in [0.25, 0.3) is 0 Å². The molecular formula is C9H17Cl2N3OS. The molecule has 1 amide bonds. The summed E-state index contributed by atoms with van der Waals surface area (Å²) >= 11 is 1.54. The van der Waals surface area contributed by atoms with Crippen LogP contribution in [-0.2, 0) is 4.79 Å². The van der Waals surface area contributed by atoms with Crippen molar-refractivity contribution in [1.82, 2.24) is 10.3 Å². The van der Waals surface area contributed by atoms with Crippen LogP contribution in [0.25, 0.3) is 0 Å². The first-order chi connectivity index (χ1) is 6.65. The minimum Gasteiger partial charge on any atom is -0.346 e. The Morgan fingerprint density at radius 3 is 2.62 bits per heavy atom. The molecule has 1 heterocycles. The van der Waals surface area contributed by atoms with Crippen molar-refractivity contribution in [1.29, 1.82) is 0 Å². The summed E-state index contributed by atoms with van der Waals surface area (Å²) in [6, 6.07) is -0.475. The summed E-state index contributed by atoms with van der Waals surface area (Å²) in [5, 5.41) is 5.68. The summed E-state index contributed by atoms with van der Waals surface area (Å²) in [5.74, 6) is -0.132. The number of nitrogens with two attached hydrogens (primary N) is 1. The van der Waals surface area contributed by atoms with Crippen LogP contribution in [0.5, 0.6) is 0 Å². The quantitative estimate of drug-likeness (QED) is 0.888. The Kier molecular flexibility index (Phi) is 9.86. The molecule has 1 aromatic rings. The molecule has 1 unspecified atom stereocenters. The summed E-state index contributed by atoms with van der Waals surface area (Å²) in [7, 11) is 0. The minimum absolute atomic E-state index is 0. The first kappa shape index (κ1) is 18.0. The summed E-state index contributed by atoms with van der Waals surface area (Å²) < 4.78 is 0. The lowest BCUT2D eigenvalue weighted by atomic mass is 10.2. The molecular weight excluding hydrogens is 269 g/mol. The van der Waals surface area contributed by atoms with Gasteiger partial charge in [0.1, 0.15) is 5.01 Å². The number of thiazole rings is 1. The number of rotatable bonds is 4. The Balaban J connectivity index is 0. The third-order valence-corrected chi connectivity index (χ3v) is 2.78. The highest BCUT2D eigenvalue weighted by Crippen LogP contribution is 2.18. The van der Waals surface area contributed by atoms with Crippen LogP contribution in [-0.4, -0.2) is 16.9 Å². The zero-order valence-electron chi connectivity index (χ0n) is 9.17. The summed E-state index contributed by atoms with van der Waals surface area (Å²) in [6.45, 7) is 3.68. The maximum atomic E-state index is 11.3. The van der Waals surface area contributed by atoms with E-state index in [1.165, 1.54) is 0 Å². The average Bonchev–Trinajstić information content (AvgIpc) is 2.66. The van der Waals surface area contributed by atoms with E-state index in [2.05, 4.69) is 10.3 Å². The zero-order chi connectivity index (χ0) is 10.6. The molecule has 16 heavy (non-hydrogen) atoms. The van der Waals surface area contributed by atoms with Gasteiger partial charge in [-0.1, -0.05) is 6.92 Å². The lowest BCUT2D eigenvalue weighted by Crippen LogP contribution is -2.40. The fraction of sp³-hybridized carbons (Fsp3) is 0.556. The Labute approximate surface area is 112 Å². The number of halogens is 2. The van der Waals surface area contributed by atoms with E-state index in [0.29, 0.717) is 0 Å². The predicted molar refractivity (Wildman–Crippen MR) is 71.4 cm³/mol. The monoisotopic (exact) mass is 285 g/mol. The van der Waals surface area contributed by atoms with E-state index >= 15 is 0 Å². The standard InChI is InChI=1S/C9H15N3OS.2ClH/c1-3-7(9-11-4-5-14-9)12-8(13)6(2)10;;/h4-7H,3,10H2,1-2H3,(H,12,13);2*1H/t6-,7?;;/m1../s1. The van der Waals surface area contributed by atoms with E-state index in [0.717, 1.165) is 11.4 Å². The summed E-state index contributed by atoms with van der Waals surface area (Å²) in [4.78, 5) is 15.5. The Bertz CT molecular complexity index is 293. The van der Waals surface area contributed by atoms with Gasteiger partial charge in [-0.3, -0.25) is 4.79 Å². The maximum Gasteiger partial charge on any atom is 0.237 e. The van der Waals surface area contributed by atoms with Crippen LogP contribution < -0.4 is 11.1 Å². The Morgan fingerprint density at radius 1 is 1.62 bits per heavy atom. The van der Waals surface area contributed by atoms with Crippen molar-refractivity contribution in [2.24, 2.45) is 5.73 Å². The molecule has 94 valence electrons. The summed E-state index contributed by atoms with van der Waals surface area (Å²) in [6.07, 6.45) is 2.56. The molecule has 1 rings (SSSR count). The van der Waals surface area contributed by atoms with Crippen molar-refractivity contribution in [3.05, 3.63) is 16.6 Å². The normalized spacial score (nSPS) is 12.9. The van der Waals surface area contributed by atoms with Gasteiger partial charge in [0.2, 0.25) is 5.91 Å². The fourth-order valence-electron chi connectivity index (χ4n) is 1.05. The molecule has 0 aliphatic heterocycles. The van der Waals surface area contributed by atoms with E-state index in [4.69, 9.17) is 5.73 Å². The second-order valence-electron chi connectivity index (χ2n) is 3.13. The largest absolute Gasteiger partial charge is 0.346 e. The number of hydrogen-bond acceptors (Lipinski definition) is 4. The first-order valence-electron chi connectivity index (χ1n) is 4.60. The highest BCUT2D eigenvalue weighted by atomic mass is 35.5. The molecule has 0 saturated heterocycles. The third kappa shape index (κ3) is 5.12. The number of hydrogen-bond donors (Lipinski definition) is 2. The maximum absolute atomic E-state index is 11.3. The topological polar surface area (TPSA) is 68.0 Å². The first-order valence-corrected chi connectivity index (χ1v) is 5.48. The minimum atomic E-state index is -0.469. The van der Waals surface area contributed by atoms with Gasteiger partial charge in [-0.25, -0.2) is 4.98 Å². The van der Waals surface area contributed by atoms with Gasteiger partial charge >= 0.3 is 0 Å². The van der Waals surface area contributed by atoms with Gasteiger partial charge in [-0.15, -0.1) is 36.2 Å². The molecule has 0 aliphatic carbocycles. The molecule has 0 radical (unpaired) electrons. The summed E-state index contributed by atoms with van der Waals surface area (Å²) in [5.41, 5.74) is 5.46. The van der Waals surface area contributed by atoms with Crippen LogP contribution in [0.2, 0.25) is 0 Å². The van der Waals surface area contributed by atoms with Crippen LogP contribution in [0, 0.1) is 0 Å². The van der Waals surface area contributed by atoms with Gasteiger partial charge in [0, 0.05) is 11.6 Å². The zero-order valence-corrected chi connectivity index (χ0v) is 11.6. The fourth-order valence-corrected chi connectivity index (χ4v) is 1.82. The SMILES string of the molecule is CCC(NC(=O)[C@@H](C)N)c1nccs1.Cl.Cl. The average molecular weight is 286 g/mol. The lowest BCUT2D eigenvalue weighted by Gasteiger charge is -2.15. The highest BCUT2D eigenvalue weighted by Gasteiger charge is 2.16. The molecule has 4 nitrogen and oxygen atoms in total. The van der Waals surface area contributed by atoms with Crippen molar-refractivity contribution < 1.29 is 4.79 Å². The molecule has 1 aromatic heterocycles. The van der Waals surface area contributed by atoms with Crippen molar-refractivity contribution >= 4 is 42.1 Å². The van der Waals surface area contributed by atoms with Crippen molar-refractivity contribution in [3.8, 4) is 0 Å². The second-order valence-corrected chi connectivity index (χ2v) is 4.05. The number of aromatic nitrogens is 1. The molecule has 0 aromatic carbocycles. The Hall–Kier alpha value is -0.360. The van der Waals surface area contributed by atoms with Gasteiger partial charge in [-0.2, -0.15) is 0 Å². The molecule has 0 spiro atoms. The molecule has 0 aliphatic rings. The van der Waals surface area contributed by atoms with E-state index in [1.54, 1.807) is 24.5 Å². The number of nitrogens with zero attached hydrogens (tertiary/aromatic N) is 1. The molecule has 3 N–H and O–H groups in total. The van der Waals surface area contributed by atoms with E-state index in [-0.39, 0.29) is 36.8 Å². The number of carbonyl (C=O) groups is 1. The number of amides is 1. The van der Waals surface area contributed by atoms with Crippen LogP contribution in [0.3, 0.4) is 0 Å². The molecule has 0 bridgehead atoms. The van der Waals surface area contributed by atoms with Crippen LogP contribution in [0.15, 0.2) is 11.6 Å². The predicted octanol–water partition coefficient (Wildman–Crippen LogP) is 1.90. The van der Waals surface area contributed by atoms with Crippen LogP contribution >= 0.6 is 36.2 Å². The third-order valence-electron chi connectivity index (χ3n) is 1.89. The van der Waals surface area contributed by atoms with E-state index in [9.17, 15) is 4.79 Å². The molecule has 7 heteroatoms. The van der Waals surface area contributed by atoms with E-state index in [1.807, 2.05) is 12.3 Å². The van der Waals surface area contributed by atoms with Crippen LogP contribution in [0.1, 0.15) is 31.3 Å². The van der Waals surface area contributed by atoms with Crippen molar-refractivity contribution in [3.63, 3.8) is 0 Å². The van der Waals surface area contributed by atoms with Gasteiger partial charge in [0.15, 0.2) is 0 Å². The van der Waals surface area contributed by atoms with Crippen molar-refractivity contribution in [2.75, 3.05) is 0 Å². The second kappa shape index (κ2) is 8.75. The number of carbonyl (C=O) groups excluding carboxylic acids is 1. The molecule has 2 atom stereocenters. The van der Waals surface area contributed by atoms with Crippen LogP contribution in [0.4, 0.5) is 0 Å². The lowest BCUT2D eigenvalue weighted by molar-refractivity contribution is -0.122. The Morgan fingerprint density at radius 2 is 2.25 bits per heavy atom. The molecule has 0 fully saturated rings. The molecule has 0 saturated carbocycles.